The van der Waals surface area contributed by atoms with Crippen LogP contribution in [0.5, 0.6) is 0 Å². The number of likely N-dealkylation sites (N-methyl/N-ethyl adjacent to an activating group) is 1. The number of H-pyrrole nitrogens is 1. The molecule has 0 aromatic carbocycles. The Hall–Kier alpha value is -3.47. The number of hydrogen-bond acceptors (Lipinski definition) is 9. The van der Waals surface area contributed by atoms with Crippen molar-refractivity contribution in [1.29, 1.82) is 0 Å². The fourth-order valence-corrected chi connectivity index (χ4v) is 5.09. The maximum atomic E-state index is 12.0. The van der Waals surface area contributed by atoms with Gasteiger partial charge in [0.05, 0.1) is 13.3 Å². The molecule has 1 amide bonds. The van der Waals surface area contributed by atoms with Gasteiger partial charge in [0, 0.05) is 62.6 Å². The molecule has 2 saturated heterocycles. The van der Waals surface area contributed by atoms with Gasteiger partial charge in [-0.15, -0.1) is 0 Å². The number of aromatic amines is 1. The first kappa shape index (κ1) is 23.3. The number of piperazine rings is 2. The number of pyridine rings is 1. The highest BCUT2D eigenvalue weighted by Gasteiger charge is 2.34. The predicted molar refractivity (Wildman–Crippen MR) is 135 cm³/mol. The number of hydrogen-bond donors (Lipinski definition) is 1. The molecule has 0 bridgehead atoms. The van der Waals surface area contributed by atoms with Gasteiger partial charge in [-0.3, -0.25) is 5.10 Å². The van der Waals surface area contributed by atoms with Crippen LogP contribution < -0.4 is 9.80 Å². The van der Waals surface area contributed by atoms with Gasteiger partial charge in [-0.05, 0) is 40.0 Å². The van der Waals surface area contributed by atoms with E-state index in [1.54, 1.807) is 11.1 Å². The molecule has 2 aliphatic heterocycles. The molecule has 0 spiro atoms. The molecule has 3 atom stereocenters. The van der Waals surface area contributed by atoms with Crippen molar-refractivity contribution in [2.24, 2.45) is 0 Å². The molecule has 1 N–H and O–H groups in total. The number of carbonyl (C=O) groups excluding carboxylic acids is 1. The fourth-order valence-electron chi connectivity index (χ4n) is 5.09. The van der Waals surface area contributed by atoms with Gasteiger partial charge >= 0.3 is 6.09 Å². The maximum absolute atomic E-state index is 12.0. The minimum absolute atomic E-state index is 0.0394. The van der Waals surface area contributed by atoms with Crippen molar-refractivity contribution in [2.45, 2.75) is 38.9 Å². The number of nitrogens with one attached hydrogen (secondary N) is 1. The van der Waals surface area contributed by atoms with Gasteiger partial charge in [-0.2, -0.15) is 5.10 Å². The number of fused-ring (bicyclic) bond motifs is 1. The summed E-state index contributed by atoms with van der Waals surface area (Å²) < 4.78 is 4.91. The summed E-state index contributed by atoms with van der Waals surface area (Å²) in [4.78, 5) is 34.9. The lowest BCUT2D eigenvalue weighted by Crippen LogP contribution is -2.58. The molecule has 0 aliphatic carbocycles. The minimum Gasteiger partial charge on any atom is -0.453 e. The van der Waals surface area contributed by atoms with Crippen molar-refractivity contribution >= 4 is 28.9 Å². The summed E-state index contributed by atoms with van der Waals surface area (Å²) in [6.07, 6.45) is 3.34. The van der Waals surface area contributed by atoms with Crippen LogP contribution in [0.4, 0.5) is 16.6 Å². The SMILES string of the molecule is COC(=O)N1C[C@@H](C)N(c2ncc3[nH]nc(-c4ccc(N5CCN(C)[C@H](C)C5)nc4)c3n2)[C@@H](C)C1. The Bertz CT molecular complexity index is 1190. The van der Waals surface area contributed by atoms with Gasteiger partial charge in [0.25, 0.3) is 0 Å². The lowest BCUT2D eigenvalue weighted by atomic mass is 10.1. The van der Waals surface area contributed by atoms with Crippen molar-refractivity contribution in [3.8, 4) is 11.3 Å². The van der Waals surface area contributed by atoms with E-state index in [-0.39, 0.29) is 18.2 Å². The molecule has 5 rings (SSSR count). The zero-order valence-electron chi connectivity index (χ0n) is 21.0. The molecule has 0 saturated carbocycles. The lowest BCUT2D eigenvalue weighted by molar-refractivity contribution is 0.109. The van der Waals surface area contributed by atoms with Crippen molar-refractivity contribution in [1.82, 2.24) is 34.9 Å². The summed E-state index contributed by atoms with van der Waals surface area (Å²) in [5.74, 6) is 1.61. The molecule has 186 valence electrons. The van der Waals surface area contributed by atoms with Crippen LogP contribution in [0.15, 0.2) is 24.5 Å². The third-order valence-corrected chi connectivity index (χ3v) is 7.18. The Morgan fingerprint density at radius 2 is 1.80 bits per heavy atom. The first-order valence-corrected chi connectivity index (χ1v) is 12.1. The number of rotatable bonds is 3. The number of amides is 1. The first-order valence-electron chi connectivity index (χ1n) is 12.1. The summed E-state index contributed by atoms with van der Waals surface area (Å²) in [5.41, 5.74) is 3.19. The van der Waals surface area contributed by atoms with Crippen LogP contribution in [-0.4, -0.2) is 106 Å². The molecule has 11 heteroatoms. The predicted octanol–water partition coefficient (Wildman–Crippen LogP) is 2.22. The van der Waals surface area contributed by atoms with E-state index in [2.05, 4.69) is 69.8 Å². The number of carbonyl (C=O) groups is 1. The van der Waals surface area contributed by atoms with E-state index in [4.69, 9.17) is 14.7 Å². The Kier molecular flexibility index (Phi) is 6.18. The molecule has 3 aromatic rings. The van der Waals surface area contributed by atoms with Gasteiger partial charge < -0.3 is 24.3 Å². The van der Waals surface area contributed by atoms with Gasteiger partial charge in [0.2, 0.25) is 5.95 Å². The number of nitrogens with zero attached hydrogens (tertiary/aromatic N) is 8. The first-order chi connectivity index (χ1) is 16.9. The van der Waals surface area contributed by atoms with E-state index in [1.165, 1.54) is 7.11 Å². The van der Waals surface area contributed by atoms with Crippen molar-refractivity contribution in [2.75, 3.05) is 56.7 Å². The molecule has 11 nitrogen and oxygen atoms in total. The highest BCUT2D eigenvalue weighted by atomic mass is 16.5. The Labute approximate surface area is 205 Å². The lowest BCUT2D eigenvalue weighted by Gasteiger charge is -2.43. The number of ether oxygens (including phenoxy) is 1. The Morgan fingerprint density at radius 3 is 2.46 bits per heavy atom. The minimum atomic E-state index is -0.307. The van der Waals surface area contributed by atoms with Gasteiger partial charge in [0.1, 0.15) is 22.5 Å². The average Bonchev–Trinajstić information content (AvgIpc) is 3.28. The largest absolute Gasteiger partial charge is 0.453 e. The molecule has 3 aromatic heterocycles. The van der Waals surface area contributed by atoms with Crippen molar-refractivity contribution in [3.63, 3.8) is 0 Å². The van der Waals surface area contributed by atoms with Gasteiger partial charge in [-0.25, -0.2) is 19.7 Å². The summed E-state index contributed by atoms with van der Waals surface area (Å²) in [5, 5.41) is 7.58. The highest BCUT2D eigenvalue weighted by molar-refractivity contribution is 5.89. The average molecular weight is 480 g/mol. The summed E-state index contributed by atoms with van der Waals surface area (Å²) in [6, 6.07) is 4.69. The third-order valence-electron chi connectivity index (χ3n) is 7.18. The Balaban J connectivity index is 1.40. The van der Waals surface area contributed by atoms with Crippen molar-refractivity contribution in [3.05, 3.63) is 24.5 Å². The molecule has 0 radical (unpaired) electrons. The summed E-state index contributed by atoms with van der Waals surface area (Å²) in [6.45, 7) is 10.4. The second kappa shape index (κ2) is 9.29. The highest BCUT2D eigenvalue weighted by Crippen LogP contribution is 2.29. The second-order valence-electron chi connectivity index (χ2n) is 9.67. The number of aromatic nitrogens is 5. The van der Waals surface area contributed by atoms with Crippen molar-refractivity contribution < 1.29 is 9.53 Å². The normalized spacial score (nSPS) is 23.7. The maximum Gasteiger partial charge on any atom is 0.409 e. The molecule has 5 heterocycles. The number of anilines is 2. The Morgan fingerprint density at radius 1 is 1.03 bits per heavy atom. The zero-order valence-corrected chi connectivity index (χ0v) is 21.0. The van der Waals surface area contributed by atoms with Crippen LogP contribution in [0.1, 0.15) is 20.8 Å². The monoisotopic (exact) mass is 479 g/mol. The van der Waals surface area contributed by atoms with Crippen LogP contribution in [0, 0.1) is 0 Å². The van der Waals surface area contributed by atoms with E-state index in [9.17, 15) is 4.79 Å². The molecular weight excluding hydrogens is 446 g/mol. The van der Waals surface area contributed by atoms with E-state index >= 15 is 0 Å². The van der Waals surface area contributed by atoms with Crippen LogP contribution in [-0.2, 0) is 4.74 Å². The molecule has 2 fully saturated rings. The van der Waals surface area contributed by atoms with Crippen LogP contribution in [0.3, 0.4) is 0 Å². The second-order valence-corrected chi connectivity index (χ2v) is 9.67. The van der Waals surface area contributed by atoms with Crippen LogP contribution >= 0.6 is 0 Å². The zero-order chi connectivity index (χ0) is 24.7. The van der Waals surface area contributed by atoms with Gasteiger partial charge in [0.15, 0.2) is 0 Å². The van der Waals surface area contributed by atoms with E-state index in [1.807, 2.05) is 6.20 Å². The number of methoxy groups -OCH3 is 1. The van der Waals surface area contributed by atoms with E-state index in [0.29, 0.717) is 25.1 Å². The molecule has 2 aliphatic rings. The summed E-state index contributed by atoms with van der Waals surface area (Å²) in [7, 11) is 3.58. The fraction of sp³-hybridized carbons (Fsp3) is 0.542. The van der Waals surface area contributed by atoms with Crippen LogP contribution in [0.25, 0.3) is 22.3 Å². The standard InChI is InChI=1S/C24H33N9O2/c1-15-12-31(9-8-30(15)4)20-7-6-18(10-25-20)21-22-19(28-29-21)11-26-23(27-22)33-16(2)13-32(14-17(33)3)24(34)35-5/h6-7,10-11,15-17H,8-9,12-14H2,1-5H3,(H,28,29)/t15-,16-,17+/m1/s1. The summed E-state index contributed by atoms with van der Waals surface area (Å²) >= 11 is 0. The quantitative estimate of drug-likeness (QED) is 0.605. The third kappa shape index (κ3) is 4.36. The molecular formula is C24H33N9O2. The van der Waals surface area contributed by atoms with Gasteiger partial charge in [-0.1, -0.05) is 0 Å². The smallest absolute Gasteiger partial charge is 0.409 e. The van der Waals surface area contributed by atoms with Crippen LogP contribution in [0.2, 0.25) is 0 Å². The molecule has 0 unspecified atom stereocenters. The van der Waals surface area contributed by atoms with E-state index in [0.717, 1.165) is 47.7 Å². The van der Waals surface area contributed by atoms with E-state index < -0.39 is 0 Å². The topological polar surface area (TPSA) is 107 Å². The molecule has 35 heavy (non-hydrogen) atoms.